The van der Waals surface area contributed by atoms with Crippen molar-refractivity contribution < 1.29 is 22.8 Å². The van der Waals surface area contributed by atoms with Crippen LogP contribution in [0.3, 0.4) is 0 Å². The van der Waals surface area contributed by atoms with Crippen LogP contribution in [0.5, 0.6) is 0 Å². The summed E-state index contributed by atoms with van der Waals surface area (Å²) in [5.41, 5.74) is 3.99. The Morgan fingerprint density at radius 1 is 1.11 bits per heavy atom. The van der Waals surface area contributed by atoms with Crippen molar-refractivity contribution in [3.63, 3.8) is 0 Å². The summed E-state index contributed by atoms with van der Waals surface area (Å²) in [6.07, 6.45) is 1.87. The van der Waals surface area contributed by atoms with Gasteiger partial charge in [-0.05, 0) is 90.7 Å². The number of benzene rings is 1. The van der Waals surface area contributed by atoms with E-state index in [4.69, 9.17) is 0 Å². The number of ketones is 2. The molecule has 3 nitrogen and oxygen atoms in total. The number of allylic oxidation sites excluding steroid dienone is 4. The van der Waals surface area contributed by atoms with Crippen LogP contribution in [0.25, 0.3) is 0 Å². The zero-order chi connectivity index (χ0) is 27.5. The molecule has 0 N–H and O–H groups in total. The number of nitrogens with zero attached hydrogens (tertiary/aromatic N) is 1. The van der Waals surface area contributed by atoms with Crippen LogP contribution in [0, 0.1) is 34.5 Å². The summed E-state index contributed by atoms with van der Waals surface area (Å²) in [6, 6.07) is 8.41. The van der Waals surface area contributed by atoms with E-state index >= 15 is 0 Å². The number of carbonyl (C=O) groups excluding carboxylic acids is 2. The van der Waals surface area contributed by atoms with Crippen molar-refractivity contribution in [2.75, 3.05) is 19.0 Å². The first-order valence-corrected chi connectivity index (χ1v) is 13.8. The Morgan fingerprint density at radius 3 is 2.45 bits per heavy atom. The van der Waals surface area contributed by atoms with Gasteiger partial charge in [-0.1, -0.05) is 37.5 Å². The van der Waals surface area contributed by atoms with Gasteiger partial charge in [-0.2, -0.15) is 13.2 Å². The van der Waals surface area contributed by atoms with E-state index in [9.17, 15) is 22.8 Å². The number of hydrogen-bond donors (Lipinski definition) is 0. The lowest BCUT2D eigenvalue weighted by Crippen LogP contribution is -2.50. The van der Waals surface area contributed by atoms with Crippen molar-refractivity contribution in [1.82, 2.24) is 0 Å². The number of alkyl halides is 3. The summed E-state index contributed by atoms with van der Waals surface area (Å²) in [4.78, 5) is 27.9. The maximum absolute atomic E-state index is 13.6. The van der Waals surface area contributed by atoms with Gasteiger partial charge in [-0.3, -0.25) is 9.59 Å². The minimum Gasteiger partial charge on any atom is -0.378 e. The summed E-state index contributed by atoms with van der Waals surface area (Å²) >= 11 is 0. The van der Waals surface area contributed by atoms with E-state index in [0.717, 1.165) is 36.1 Å². The summed E-state index contributed by atoms with van der Waals surface area (Å²) in [6.45, 7) is 3.78. The molecule has 0 unspecified atom stereocenters. The SMILES string of the molecule is CCC(=O)[C@]1(C#CC(F)(F)F)CC[C@H]2[C@@H]3CCC4=CC(=O)CCC4=C3[C@@H](c3ccc(N(C)C)cc3)C[C@@]21C. The van der Waals surface area contributed by atoms with Gasteiger partial charge in [-0.25, -0.2) is 0 Å². The normalized spacial score (nSPS) is 32.4. The Balaban J connectivity index is 1.70. The molecular weight excluding hydrogens is 487 g/mol. The molecule has 0 spiro atoms. The van der Waals surface area contributed by atoms with E-state index < -0.39 is 17.0 Å². The Kier molecular flexibility index (Phi) is 6.65. The highest BCUT2D eigenvalue weighted by atomic mass is 19.4. The molecule has 0 aromatic heterocycles. The average molecular weight is 524 g/mol. The molecule has 2 fully saturated rings. The fourth-order valence-corrected chi connectivity index (χ4v) is 8.20. The molecule has 5 atom stereocenters. The van der Waals surface area contributed by atoms with Crippen molar-refractivity contribution in [2.24, 2.45) is 22.7 Å². The van der Waals surface area contributed by atoms with E-state index in [-0.39, 0.29) is 35.7 Å². The number of rotatable bonds is 4. The van der Waals surface area contributed by atoms with Crippen molar-refractivity contribution in [2.45, 2.75) is 77.3 Å². The van der Waals surface area contributed by atoms with E-state index in [1.54, 1.807) is 6.92 Å². The smallest absolute Gasteiger partial charge is 0.378 e. The minimum absolute atomic E-state index is 0.0285. The Bertz CT molecular complexity index is 1280. The Morgan fingerprint density at radius 2 is 1.82 bits per heavy atom. The topological polar surface area (TPSA) is 37.4 Å². The molecule has 0 bridgehead atoms. The molecular formula is C32H36F3NO2. The molecule has 6 heteroatoms. The van der Waals surface area contributed by atoms with Crippen molar-refractivity contribution in [1.29, 1.82) is 0 Å². The fourth-order valence-electron chi connectivity index (χ4n) is 8.20. The molecule has 0 saturated heterocycles. The number of halogens is 3. The van der Waals surface area contributed by atoms with Crippen LogP contribution < -0.4 is 4.90 Å². The first-order chi connectivity index (χ1) is 17.9. The van der Waals surface area contributed by atoms with Crippen LogP contribution in [0.1, 0.15) is 76.7 Å². The zero-order valence-electron chi connectivity index (χ0n) is 22.7. The van der Waals surface area contributed by atoms with Crippen molar-refractivity contribution >= 4 is 17.3 Å². The molecule has 4 aliphatic carbocycles. The first-order valence-electron chi connectivity index (χ1n) is 13.8. The van der Waals surface area contributed by atoms with Gasteiger partial charge in [0.05, 0.1) is 5.41 Å². The maximum Gasteiger partial charge on any atom is 0.457 e. The van der Waals surface area contributed by atoms with Crippen LogP contribution in [-0.4, -0.2) is 31.8 Å². The largest absolute Gasteiger partial charge is 0.457 e. The van der Waals surface area contributed by atoms with Crippen LogP contribution in [-0.2, 0) is 9.59 Å². The van der Waals surface area contributed by atoms with Crippen LogP contribution in [0.2, 0.25) is 0 Å². The fraction of sp³-hybridized carbons (Fsp3) is 0.562. The summed E-state index contributed by atoms with van der Waals surface area (Å²) < 4.78 is 40.2. The van der Waals surface area contributed by atoms with Crippen LogP contribution in [0.4, 0.5) is 18.9 Å². The lowest BCUT2D eigenvalue weighted by molar-refractivity contribution is -0.132. The second-order valence-electron chi connectivity index (χ2n) is 12.0. The third-order valence-corrected chi connectivity index (χ3v) is 9.96. The predicted molar refractivity (Wildman–Crippen MR) is 143 cm³/mol. The molecule has 0 radical (unpaired) electrons. The number of fused-ring (bicyclic) bond motifs is 4. The van der Waals surface area contributed by atoms with Gasteiger partial charge >= 0.3 is 6.18 Å². The molecule has 0 aliphatic heterocycles. The lowest BCUT2D eigenvalue weighted by Gasteiger charge is -2.54. The molecule has 4 aliphatic rings. The van der Waals surface area contributed by atoms with Crippen LogP contribution >= 0.6 is 0 Å². The number of Topliss-reactive ketones (excluding diaryl/α,β-unsaturated/α-hetero) is 1. The lowest BCUT2D eigenvalue weighted by atomic mass is 9.48. The second-order valence-corrected chi connectivity index (χ2v) is 12.0. The summed E-state index contributed by atoms with van der Waals surface area (Å²) in [7, 11) is 3.98. The molecule has 2 saturated carbocycles. The predicted octanol–water partition coefficient (Wildman–Crippen LogP) is 7.18. The Hall–Kier alpha value is -2.81. The molecule has 5 rings (SSSR count). The van der Waals surface area contributed by atoms with Gasteiger partial charge in [-0.15, -0.1) is 0 Å². The van der Waals surface area contributed by atoms with Gasteiger partial charge in [0.1, 0.15) is 0 Å². The quantitative estimate of drug-likeness (QED) is 0.392. The minimum atomic E-state index is -4.64. The van der Waals surface area contributed by atoms with Gasteiger partial charge in [0.15, 0.2) is 11.6 Å². The second kappa shape index (κ2) is 9.43. The molecule has 0 heterocycles. The van der Waals surface area contributed by atoms with E-state index in [1.807, 2.05) is 32.0 Å². The average Bonchev–Trinajstić information content (AvgIpc) is 3.18. The summed E-state index contributed by atoms with van der Waals surface area (Å²) in [5, 5.41) is 0. The van der Waals surface area contributed by atoms with E-state index in [1.165, 1.54) is 17.1 Å². The van der Waals surface area contributed by atoms with Gasteiger partial charge in [0.25, 0.3) is 0 Å². The third kappa shape index (κ3) is 4.23. The monoisotopic (exact) mass is 523 g/mol. The van der Waals surface area contributed by atoms with Crippen LogP contribution in [0.15, 0.2) is 47.1 Å². The molecule has 202 valence electrons. The third-order valence-electron chi connectivity index (χ3n) is 9.96. The molecule has 38 heavy (non-hydrogen) atoms. The first kappa shape index (κ1) is 26.8. The molecule has 0 amide bonds. The van der Waals surface area contributed by atoms with E-state index in [0.29, 0.717) is 25.7 Å². The Labute approximate surface area is 223 Å². The molecule has 1 aromatic carbocycles. The number of hydrogen-bond acceptors (Lipinski definition) is 3. The maximum atomic E-state index is 13.6. The zero-order valence-corrected chi connectivity index (χ0v) is 22.7. The highest BCUT2D eigenvalue weighted by molar-refractivity contribution is 5.93. The summed E-state index contributed by atoms with van der Waals surface area (Å²) in [5.74, 6) is 4.35. The van der Waals surface area contributed by atoms with Crippen molar-refractivity contribution in [3.05, 3.63) is 52.6 Å². The number of anilines is 1. The van der Waals surface area contributed by atoms with Crippen molar-refractivity contribution in [3.8, 4) is 11.8 Å². The van der Waals surface area contributed by atoms with Gasteiger partial charge in [0, 0.05) is 44.5 Å². The molecule has 1 aromatic rings. The van der Waals surface area contributed by atoms with Gasteiger partial charge < -0.3 is 4.90 Å². The number of carbonyl (C=O) groups is 2. The van der Waals surface area contributed by atoms with E-state index in [2.05, 4.69) is 30.2 Å². The highest BCUT2D eigenvalue weighted by Gasteiger charge is 2.65. The van der Waals surface area contributed by atoms with Gasteiger partial charge in [0.2, 0.25) is 0 Å². The highest BCUT2D eigenvalue weighted by Crippen LogP contribution is 2.69. The standard InChI is InChI=1S/C32H36F3NO2/c1-5-28(38)31(16-17-32(33,34)35)15-14-27-25-12-8-21-18-23(37)11-13-24(21)29(25)26(19-30(27,31)2)20-6-9-22(10-7-20)36(3)4/h6-7,9-10,18,25-27H,5,8,11-15,19H2,1-4H3/t25-,26+,27-,30-,31+/m0/s1.